The second-order valence-corrected chi connectivity index (χ2v) is 6.83. The molecule has 0 bridgehead atoms. The molecule has 0 spiro atoms. The van der Waals surface area contributed by atoms with Crippen molar-refractivity contribution in [2.24, 2.45) is 5.92 Å². The largest absolute Gasteiger partial charge is 0.394 e. The SMILES string of the molecule is CSCC(C)CNS(=O)(=O)c1ccc(F)c(N)c1F. The summed E-state index contributed by atoms with van der Waals surface area (Å²) in [5.74, 6) is -1.36. The van der Waals surface area contributed by atoms with Crippen molar-refractivity contribution in [2.45, 2.75) is 11.8 Å². The van der Waals surface area contributed by atoms with Gasteiger partial charge in [0.05, 0.1) is 0 Å². The fraction of sp³-hybridized carbons (Fsp3) is 0.455. The third kappa shape index (κ3) is 4.05. The third-order valence-corrected chi connectivity index (χ3v) is 4.80. The molecule has 19 heavy (non-hydrogen) atoms. The molecule has 1 atom stereocenters. The fourth-order valence-electron chi connectivity index (χ4n) is 1.43. The summed E-state index contributed by atoms with van der Waals surface area (Å²) in [6.07, 6.45) is 1.91. The molecule has 0 saturated heterocycles. The zero-order valence-electron chi connectivity index (χ0n) is 10.6. The minimum Gasteiger partial charge on any atom is -0.394 e. The number of benzene rings is 1. The molecule has 0 saturated carbocycles. The number of hydrogen-bond donors (Lipinski definition) is 2. The highest BCUT2D eigenvalue weighted by Gasteiger charge is 2.22. The summed E-state index contributed by atoms with van der Waals surface area (Å²) >= 11 is 1.59. The molecule has 4 nitrogen and oxygen atoms in total. The molecular formula is C11H16F2N2O2S2. The molecule has 1 aromatic rings. The average molecular weight is 310 g/mol. The van der Waals surface area contributed by atoms with Crippen molar-refractivity contribution < 1.29 is 17.2 Å². The van der Waals surface area contributed by atoms with Crippen LogP contribution < -0.4 is 10.5 Å². The van der Waals surface area contributed by atoms with Crippen molar-refractivity contribution in [1.29, 1.82) is 0 Å². The summed E-state index contributed by atoms with van der Waals surface area (Å²) in [5, 5.41) is 0. The Kier molecular flexibility index (Phi) is 5.57. The quantitative estimate of drug-likeness (QED) is 0.786. The Hall–Kier alpha value is -0.860. The molecule has 1 rings (SSSR count). The number of sulfonamides is 1. The van der Waals surface area contributed by atoms with Gasteiger partial charge in [-0.1, -0.05) is 6.92 Å². The first kappa shape index (κ1) is 16.2. The first-order valence-electron chi connectivity index (χ1n) is 5.51. The van der Waals surface area contributed by atoms with Gasteiger partial charge in [0.25, 0.3) is 0 Å². The van der Waals surface area contributed by atoms with E-state index in [1.807, 2.05) is 13.2 Å². The van der Waals surface area contributed by atoms with Crippen LogP contribution >= 0.6 is 11.8 Å². The second kappa shape index (κ2) is 6.53. The van der Waals surface area contributed by atoms with Gasteiger partial charge in [-0.25, -0.2) is 21.9 Å². The molecule has 0 aliphatic carbocycles. The predicted molar refractivity (Wildman–Crippen MR) is 73.5 cm³/mol. The van der Waals surface area contributed by atoms with Crippen molar-refractivity contribution in [3.8, 4) is 0 Å². The van der Waals surface area contributed by atoms with Crippen LogP contribution in [0.5, 0.6) is 0 Å². The fourth-order valence-corrected chi connectivity index (χ4v) is 3.37. The Labute approximate surface area is 115 Å². The van der Waals surface area contributed by atoms with Crippen LogP contribution in [0.25, 0.3) is 0 Å². The van der Waals surface area contributed by atoms with E-state index < -0.39 is 32.2 Å². The van der Waals surface area contributed by atoms with Gasteiger partial charge in [-0.15, -0.1) is 0 Å². The smallest absolute Gasteiger partial charge is 0.243 e. The summed E-state index contributed by atoms with van der Waals surface area (Å²) in [4.78, 5) is -0.636. The molecule has 0 aliphatic rings. The van der Waals surface area contributed by atoms with E-state index in [-0.39, 0.29) is 12.5 Å². The molecule has 8 heteroatoms. The van der Waals surface area contributed by atoms with E-state index in [2.05, 4.69) is 4.72 Å². The molecule has 1 unspecified atom stereocenters. The summed E-state index contributed by atoms with van der Waals surface area (Å²) < 4.78 is 52.7. The second-order valence-electron chi connectivity index (χ2n) is 4.19. The van der Waals surface area contributed by atoms with Crippen LogP contribution in [0, 0.1) is 17.6 Å². The Morgan fingerprint density at radius 3 is 2.63 bits per heavy atom. The van der Waals surface area contributed by atoms with Gasteiger partial charge < -0.3 is 5.73 Å². The first-order chi connectivity index (χ1) is 8.79. The van der Waals surface area contributed by atoms with E-state index in [1.54, 1.807) is 11.8 Å². The van der Waals surface area contributed by atoms with Crippen molar-refractivity contribution >= 4 is 27.5 Å². The van der Waals surface area contributed by atoms with Crippen LogP contribution in [0.15, 0.2) is 17.0 Å². The van der Waals surface area contributed by atoms with Crippen molar-refractivity contribution in [3.63, 3.8) is 0 Å². The minimum atomic E-state index is -4.02. The van der Waals surface area contributed by atoms with Gasteiger partial charge in [-0.3, -0.25) is 0 Å². The lowest BCUT2D eigenvalue weighted by Gasteiger charge is -2.12. The van der Waals surface area contributed by atoms with Gasteiger partial charge in [0.15, 0.2) is 5.82 Å². The van der Waals surface area contributed by atoms with Gasteiger partial charge in [0, 0.05) is 6.54 Å². The van der Waals surface area contributed by atoms with Crippen molar-refractivity contribution in [2.75, 3.05) is 24.3 Å². The van der Waals surface area contributed by atoms with Gasteiger partial charge in [-0.2, -0.15) is 11.8 Å². The summed E-state index contributed by atoms with van der Waals surface area (Å²) in [6, 6.07) is 1.70. The lowest BCUT2D eigenvalue weighted by atomic mass is 10.2. The number of nitrogens with two attached hydrogens (primary N) is 1. The number of halogens is 2. The van der Waals surface area contributed by atoms with Gasteiger partial charge in [0.1, 0.15) is 16.4 Å². The molecule has 1 aromatic carbocycles. The number of hydrogen-bond acceptors (Lipinski definition) is 4. The standard InChI is InChI=1S/C11H16F2N2O2S2/c1-7(6-18-2)5-15-19(16,17)9-4-3-8(12)11(14)10(9)13/h3-4,7,15H,5-6,14H2,1-2H3. The van der Waals surface area contributed by atoms with E-state index >= 15 is 0 Å². The zero-order chi connectivity index (χ0) is 14.6. The highest BCUT2D eigenvalue weighted by molar-refractivity contribution is 7.98. The zero-order valence-corrected chi connectivity index (χ0v) is 12.2. The van der Waals surface area contributed by atoms with Crippen LogP contribution in [0.3, 0.4) is 0 Å². The summed E-state index contributed by atoms with van der Waals surface area (Å²) in [5.41, 5.74) is 4.35. The Bertz CT molecular complexity index is 550. The number of rotatable bonds is 6. The molecule has 0 fully saturated rings. The van der Waals surface area contributed by atoms with E-state index in [9.17, 15) is 17.2 Å². The van der Waals surface area contributed by atoms with Gasteiger partial charge in [0.2, 0.25) is 10.0 Å². The molecule has 0 amide bonds. The summed E-state index contributed by atoms with van der Waals surface area (Å²) in [6.45, 7) is 2.05. The lowest BCUT2D eigenvalue weighted by Crippen LogP contribution is -2.30. The van der Waals surface area contributed by atoms with E-state index in [1.165, 1.54) is 0 Å². The highest BCUT2D eigenvalue weighted by Crippen LogP contribution is 2.22. The molecule has 108 valence electrons. The van der Waals surface area contributed by atoms with Crippen LogP contribution in [-0.2, 0) is 10.0 Å². The van der Waals surface area contributed by atoms with Gasteiger partial charge in [-0.05, 0) is 30.1 Å². The average Bonchev–Trinajstić information content (AvgIpc) is 2.34. The Morgan fingerprint density at radius 2 is 2.05 bits per heavy atom. The van der Waals surface area contributed by atoms with E-state index in [4.69, 9.17) is 5.73 Å². The summed E-state index contributed by atoms with van der Waals surface area (Å²) in [7, 11) is -4.02. The number of anilines is 1. The van der Waals surface area contributed by atoms with Gasteiger partial charge >= 0.3 is 0 Å². The molecule has 3 N–H and O–H groups in total. The molecular weight excluding hydrogens is 294 g/mol. The molecule has 0 aliphatic heterocycles. The molecule has 0 radical (unpaired) electrons. The topological polar surface area (TPSA) is 72.2 Å². The van der Waals surface area contributed by atoms with Crippen LogP contribution in [0.4, 0.5) is 14.5 Å². The Balaban J connectivity index is 2.92. The first-order valence-corrected chi connectivity index (χ1v) is 8.39. The van der Waals surface area contributed by atoms with Crippen LogP contribution in [0.1, 0.15) is 6.92 Å². The number of nitrogens with one attached hydrogen (secondary N) is 1. The van der Waals surface area contributed by atoms with E-state index in [0.717, 1.165) is 17.9 Å². The third-order valence-electron chi connectivity index (χ3n) is 2.45. The Morgan fingerprint density at radius 1 is 1.42 bits per heavy atom. The van der Waals surface area contributed by atoms with Crippen LogP contribution in [-0.4, -0.2) is 27.0 Å². The molecule has 0 heterocycles. The predicted octanol–water partition coefficient (Wildman–Crippen LogP) is 1.82. The maximum Gasteiger partial charge on any atom is 0.243 e. The van der Waals surface area contributed by atoms with Crippen molar-refractivity contribution in [1.82, 2.24) is 4.72 Å². The normalized spacial score (nSPS) is 13.5. The lowest BCUT2D eigenvalue weighted by molar-refractivity contribution is 0.539. The maximum absolute atomic E-state index is 13.6. The minimum absolute atomic E-state index is 0.102. The maximum atomic E-state index is 13.6. The number of nitrogen functional groups attached to an aromatic ring is 1. The highest BCUT2D eigenvalue weighted by atomic mass is 32.2. The monoisotopic (exact) mass is 310 g/mol. The van der Waals surface area contributed by atoms with Crippen LogP contribution in [0.2, 0.25) is 0 Å². The van der Waals surface area contributed by atoms with Crippen molar-refractivity contribution in [3.05, 3.63) is 23.8 Å². The molecule has 0 aromatic heterocycles. The van der Waals surface area contributed by atoms with E-state index in [0.29, 0.717) is 0 Å². The number of thioether (sulfide) groups is 1.